The quantitative estimate of drug-likeness (QED) is 0.860. The third kappa shape index (κ3) is 2.67. The Morgan fingerprint density at radius 3 is 2.75 bits per heavy atom. The van der Waals surface area contributed by atoms with Crippen molar-refractivity contribution < 1.29 is 22.7 Å². The summed E-state index contributed by atoms with van der Waals surface area (Å²) in [5.74, 6) is -1.74. The van der Waals surface area contributed by atoms with Crippen molar-refractivity contribution in [2.24, 2.45) is 0 Å². The molecule has 0 aliphatic heterocycles. The van der Waals surface area contributed by atoms with E-state index in [4.69, 9.17) is 9.52 Å². The molecular weight excluding hydrogens is 286 g/mol. The Hall–Kier alpha value is -2.29. The zero-order valence-corrected chi connectivity index (χ0v) is 11.6. The number of nitrogens with zero attached hydrogens (tertiary/aromatic N) is 2. The highest BCUT2D eigenvalue weighted by molar-refractivity contribution is 7.92. The van der Waals surface area contributed by atoms with Gasteiger partial charge in [0.15, 0.2) is 0 Å². The molecule has 2 N–H and O–H groups in total. The summed E-state index contributed by atoms with van der Waals surface area (Å²) in [7, 11) is -3.91. The number of carboxylic acids is 1. The largest absolute Gasteiger partial charge is 0.475 e. The first-order valence-electron chi connectivity index (χ1n) is 5.72. The van der Waals surface area contributed by atoms with Crippen LogP contribution in [0.1, 0.15) is 23.2 Å². The maximum absolute atomic E-state index is 12.2. The molecule has 0 bridgehead atoms. The molecule has 8 nitrogen and oxygen atoms in total. The molecule has 0 aromatic carbocycles. The number of carbonyl (C=O) groups is 1. The maximum Gasteiger partial charge on any atom is 0.371 e. The molecule has 20 heavy (non-hydrogen) atoms. The lowest BCUT2D eigenvalue weighted by molar-refractivity contribution is 0.0661. The summed E-state index contributed by atoms with van der Waals surface area (Å²) in [4.78, 5) is 10.6. The zero-order valence-electron chi connectivity index (χ0n) is 10.8. The van der Waals surface area contributed by atoms with E-state index in [0.717, 1.165) is 6.07 Å². The highest BCUT2D eigenvalue weighted by Gasteiger charge is 2.24. The molecular formula is C11H13N3O5S. The molecule has 0 amide bonds. The Labute approximate surface area is 115 Å². The highest BCUT2D eigenvalue weighted by Crippen LogP contribution is 2.22. The predicted molar refractivity (Wildman–Crippen MR) is 69.1 cm³/mol. The number of aromatic carboxylic acids is 1. The van der Waals surface area contributed by atoms with Crippen molar-refractivity contribution in [1.29, 1.82) is 0 Å². The molecule has 2 heterocycles. The predicted octanol–water partition coefficient (Wildman–Crippen LogP) is 1.30. The van der Waals surface area contributed by atoms with Crippen molar-refractivity contribution in [2.45, 2.75) is 25.3 Å². The second-order valence-electron chi connectivity index (χ2n) is 4.03. The average Bonchev–Trinajstić information content (AvgIpc) is 2.95. The molecule has 2 rings (SSSR count). The van der Waals surface area contributed by atoms with Crippen LogP contribution in [0, 0.1) is 6.92 Å². The molecule has 0 saturated heterocycles. The normalized spacial score (nSPS) is 11.5. The van der Waals surface area contributed by atoms with Crippen molar-refractivity contribution in [3.8, 4) is 0 Å². The summed E-state index contributed by atoms with van der Waals surface area (Å²) < 4.78 is 33.1. The molecule has 0 saturated carbocycles. The van der Waals surface area contributed by atoms with Crippen LogP contribution in [0.15, 0.2) is 27.8 Å². The van der Waals surface area contributed by atoms with Gasteiger partial charge in [-0.2, -0.15) is 5.10 Å². The van der Waals surface area contributed by atoms with Crippen LogP contribution < -0.4 is 4.72 Å². The Morgan fingerprint density at radius 1 is 1.55 bits per heavy atom. The number of furan rings is 1. The summed E-state index contributed by atoms with van der Waals surface area (Å²) in [6.45, 7) is 3.86. The Morgan fingerprint density at radius 2 is 2.25 bits per heavy atom. The summed E-state index contributed by atoms with van der Waals surface area (Å²) in [5.41, 5.74) is 0.296. The van der Waals surface area contributed by atoms with E-state index in [1.54, 1.807) is 4.68 Å². The van der Waals surface area contributed by atoms with Crippen LogP contribution in [0.5, 0.6) is 0 Å². The van der Waals surface area contributed by atoms with Crippen LogP contribution in [0.4, 0.5) is 5.69 Å². The van der Waals surface area contributed by atoms with Crippen LogP contribution in [0.25, 0.3) is 0 Å². The lowest BCUT2D eigenvalue weighted by Gasteiger charge is -2.03. The number of sulfonamides is 1. The van der Waals surface area contributed by atoms with Crippen LogP contribution in [0.2, 0.25) is 0 Å². The third-order valence-electron chi connectivity index (χ3n) is 2.58. The molecule has 0 aliphatic carbocycles. The number of anilines is 1. The molecule has 0 fully saturated rings. The van der Waals surface area contributed by atoms with Crippen LogP contribution >= 0.6 is 0 Å². The SMILES string of the molecule is CCn1cc(NS(=O)(=O)c2cc(C(=O)O)oc2C)cn1. The lowest BCUT2D eigenvalue weighted by Crippen LogP contribution is -2.12. The van der Waals surface area contributed by atoms with Gasteiger partial charge in [-0.25, -0.2) is 13.2 Å². The monoisotopic (exact) mass is 299 g/mol. The number of rotatable bonds is 5. The van der Waals surface area contributed by atoms with Gasteiger partial charge in [0, 0.05) is 18.8 Å². The maximum atomic E-state index is 12.2. The van der Waals surface area contributed by atoms with E-state index in [2.05, 4.69) is 9.82 Å². The van der Waals surface area contributed by atoms with Crippen LogP contribution in [-0.2, 0) is 16.6 Å². The van der Waals surface area contributed by atoms with E-state index in [0.29, 0.717) is 12.2 Å². The molecule has 0 aliphatic rings. The summed E-state index contributed by atoms with van der Waals surface area (Å²) >= 11 is 0. The molecule has 108 valence electrons. The molecule has 0 radical (unpaired) electrons. The average molecular weight is 299 g/mol. The summed E-state index contributed by atoms with van der Waals surface area (Å²) in [5, 5.41) is 12.7. The fourth-order valence-electron chi connectivity index (χ4n) is 1.64. The highest BCUT2D eigenvalue weighted by atomic mass is 32.2. The van der Waals surface area contributed by atoms with Gasteiger partial charge >= 0.3 is 5.97 Å². The van der Waals surface area contributed by atoms with Gasteiger partial charge in [-0.1, -0.05) is 0 Å². The first-order valence-corrected chi connectivity index (χ1v) is 7.21. The number of carboxylic acid groups (broad SMARTS) is 1. The van der Waals surface area contributed by atoms with Gasteiger partial charge in [-0.05, 0) is 13.8 Å². The smallest absolute Gasteiger partial charge is 0.371 e. The molecule has 0 spiro atoms. The van der Waals surface area contributed by atoms with Crippen molar-refractivity contribution in [2.75, 3.05) is 4.72 Å². The Kier molecular flexibility index (Phi) is 3.53. The number of hydrogen-bond acceptors (Lipinski definition) is 5. The fraction of sp³-hybridized carbons (Fsp3) is 0.273. The second kappa shape index (κ2) is 5.00. The molecule has 9 heteroatoms. The molecule has 2 aromatic heterocycles. The van der Waals surface area contributed by atoms with Crippen LogP contribution in [0.3, 0.4) is 0 Å². The summed E-state index contributed by atoms with van der Waals surface area (Å²) in [6.07, 6.45) is 2.90. The van der Waals surface area contributed by atoms with E-state index in [9.17, 15) is 13.2 Å². The number of hydrogen-bond donors (Lipinski definition) is 2. The minimum Gasteiger partial charge on any atom is -0.475 e. The second-order valence-corrected chi connectivity index (χ2v) is 5.68. The number of aromatic nitrogens is 2. The summed E-state index contributed by atoms with van der Waals surface area (Å²) in [6, 6.07) is 0.976. The first kappa shape index (κ1) is 14.1. The molecule has 0 unspecified atom stereocenters. The van der Waals surface area contributed by atoms with E-state index >= 15 is 0 Å². The van der Waals surface area contributed by atoms with E-state index < -0.39 is 21.8 Å². The number of aryl methyl sites for hydroxylation is 2. The van der Waals surface area contributed by atoms with Crippen molar-refractivity contribution in [3.05, 3.63) is 30.0 Å². The zero-order chi connectivity index (χ0) is 14.9. The number of nitrogens with one attached hydrogen (secondary N) is 1. The fourth-order valence-corrected chi connectivity index (χ4v) is 2.84. The van der Waals surface area contributed by atoms with Gasteiger partial charge < -0.3 is 9.52 Å². The van der Waals surface area contributed by atoms with Gasteiger partial charge in [0.2, 0.25) is 5.76 Å². The lowest BCUT2D eigenvalue weighted by atomic mass is 10.4. The minimum absolute atomic E-state index is 0.0118. The topological polar surface area (TPSA) is 114 Å². The Bertz CT molecular complexity index is 744. The standard InChI is InChI=1S/C11H13N3O5S/c1-3-14-6-8(5-12-14)13-20(17,18)10-4-9(11(15)16)19-7(10)2/h4-6,13H,3H2,1-2H3,(H,15,16). The van der Waals surface area contributed by atoms with Gasteiger partial charge in [-0.3, -0.25) is 9.40 Å². The Balaban J connectivity index is 2.32. The van der Waals surface area contributed by atoms with Crippen molar-refractivity contribution in [3.63, 3.8) is 0 Å². The van der Waals surface area contributed by atoms with Gasteiger partial charge in [0.25, 0.3) is 10.0 Å². The minimum atomic E-state index is -3.91. The van der Waals surface area contributed by atoms with E-state index in [-0.39, 0.29) is 10.7 Å². The van der Waals surface area contributed by atoms with Crippen LogP contribution in [-0.4, -0.2) is 29.3 Å². The van der Waals surface area contributed by atoms with Crippen molar-refractivity contribution in [1.82, 2.24) is 9.78 Å². The van der Waals surface area contributed by atoms with Gasteiger partial charge in [0.05, 0.1) is 11.9 Å². The molecule has 2 aromatic rings. The third-order valence-corrected chi connectivity index (χ3v) is 4.07. The van der Waals surface area contributed by atoms with E-state index in [1.807, 2.05) is 6.92 Å². The van der Waals surface area contributed by atoms with Gasteiger partial charge in [-0.15, -0.1) is 0 Å². The van der Waals surface area contributed by atoms with Crippen molar-refractivity contribution >= 4 is 21.7 Å². The first-order chi connectivity index (χ1) is 9.33. The van der Waals surface area contributed by atoms with E-state index in [1.165, 1.54) is 19.3 Å². The molecule has 0 atom stereocenters. The van der Waals surface area contributed by atoms with Gasteiger partial charge in [0.1, 0.15) is 10.7 Å².